The van der Waals surface area contributed by atoms with Gasteiger partial charge in [0.15, 0.2) is 0 Å². The second kappa shape index (κ2) is 5.67. The normalized spacial score (nSPS) is 37.5. The Kier molecular flexibility index (Phi) is 3.80. The third kappa shape index (κ3) is 2.62. The highest BCUT2D eigenvalue weighted by atomic mass is 14.9. The Hall–Kier alpha value is -0.820. The summed E-state index contributed by atoms with van der Waals surface area (Å²) in [6.45, 7) is 5.73. The fourth-order valence-electron chi connectivity index (χ4n) is 6.09. The van der Waals surface area contributed by atoms with Crippen molar-refractivity contribution in [1.29, 1.82) is 0 Å². The summed E-state index contributed by atoms with van der Waals surface area (Å²) in [4.78, 5) is 0. The lowest BCUT2D eigenvalue weighted by Crippen LogP contribution is -2.54. The summed E-state index contributed by atoms with van der Waals surface area (Å²) >= 11 is 0. The van der Waals surface area contributed by atoms with E-state index in [1.165, 1.54) is 30.4 Å². The minimum absolute atomic E-state index is 0.623. The molecular weight excluding hydrogens is 266 g/mol. The van der Waals surface area contributed by atoms with E-state index in [0.717, 1.165) is 30.7 Å². The van der Waals surface area contributed by atoms with Gasteiger partial charge in [-0.3, -0.25) is 0 Å². The van der Waals surface area contributed by atoms with E-state index in [1.807, 2.05) is 0 Å². The van der Waals surface area contributed by atoms with Crippen LogP contribution in [0.1, 0.15) is 63.5 Å². The predicted molar refractivity (Wildman–Crippen MR) is 92.7 cm³/mol. The van der Waals surface area contributed by atoms with Gasteiger partial charge in [-0.25, -0.2) is 0 Å². The lowest BCUT2D eigenvalue weighted by molar-refractivity contribution is -0.0706. The molecule has 1 N–H and O–H groups in total. The van der Waals surface area contributed by atoms with Gasteiger partial charge >= 0.3 is 0 Å². The van der Waals surface area contributed by atoms with Crippen LogP contribution < -0.4 is 5.32 Å². The third-order valence-electron chi connectivity index (χ3n) is 7.05. The molecule has 0 aliphatic heterocycles. The summed E-state index contributed by atoms with van der Waals surface area (Å²) < 4.78 is 0. The van der Waals surface area contributed by atoms with Crippen molar-refractivity contribution < 1.29 is 0 Å². The van der Waals surface area contributed by atoms with Crippen LogP contribution in [0, 0.1) is 23.2 Å². The Morgan fingerprint density at radius 1 is 0.955 bits per heavy atom. The molecule has 1 atom stereocenters. The fraction of sp³-hybridized carbons (Fsp3) is 0.714. The van der Waals surface area contributed by atoms with Gasteiger partial charge < -0.3 is 5.32 Å². The highest BCUT2D eigenvalue weighted by molar-refractivity contribution is 5.22. The van der Waals surface area contributed by atoms with Crippen molar-refractivity contribution in [2.75, 3.05) is 0 Å². The quantitative estimate of drug-likeness (QED) is 0.811. The molecule has 0 amide bonds. The fourth-order valence-corrected chi connectivity index (χ4v) is 6.09. The molecule has 4 fully saturated rings. The van der Waals surface area contributed by atoms with Gasteiger partial charge in [0.1, 0.15) is 0 Å². The van der Waals surface area contributed by atoms with Gasteiger partial charge in [0, 0.05) is 12.6 Å². The van der Waals surface area contributed by atoms with Crippen LogP contribution in [0.25, 0.3) is 0 Å². The average molecular weight is 297 g/mol. The van der Waals surface area contributed by atoms with Crippen LogP contribution in [-0.4, -0.2) is 6.04 Å². The topological polar surface area (TPSA) is 12.0 Å². The minimum atomic E-state index is 0.623. The van der Waals surface area contributed by atoms with E-state index in [-0.39, 0.29) is 0 Å². The van der Waals surface area contributed by atoms with Crippen LogP contribution in [0.5, 0.6) is 0 Å². The lowest BCUT2D eigenvalue weighted by Gasteiger charge is -2.59. The molecule has 4 bridgehead atoms. The van der Waals surface area contributed by atoms with Crippen molar-refractivity contribution in [2.45, 2.75) is 71.4 Å². The second-order valence-corrected chi connectivity index (χ2v) is 8.55. The summed E-state index contributed by atoms with van der Waals surface area (Å²) in [6.07, 6.45) is 10.3. The number of hydrogen-bond donors (Lipinski definition) is 1. The molecule has 22 heavy (non-hydrogen) atoms. The summed E-state index contributed by atoms with van der Waals surface area (Å²) in [6, 6.07) is 9.85. The Morgan fingerprint density at radius 3 is 1.95 bits per heavy atom. The zero-order chi connectivity index (χ0) is 15.2. The largest absolute Gasteiger partial charge is 0.310 e. The first-order valence-electron chi connectivity index (χ1n) is 9.48. The maximum absolute atomic E-state index is 3.89. The van der Waals surface area contributed by atoms with E-state index in [0.29, 0.717) is 11.5 Å². The monoisotopic (exact) mass is 297 g/mol. The number of hydrogen-bond acceptors (Lipinski definition) is 1. The smallest absolute Gasteiger partial charge is 0.0208 e. The zero-order valence-electron chi connectivity index (χ0n) is 14.3. The molecule has 0 heterocycles. The van der Waals surface area contributed by atoms with Gasteiger partial charge in [-0.2, -0.15) is 0 Å². The highest BCUT2D eigenvalue weighted by Gasteiger charge is 2.52. The molecule has 1 aromatic rings. The lowest BCUT2D eigenvalue weighted by atomic mass is 9.48. The first-order valence-corrected chi connectivity index (χ1v) is 9.48. The molecule has 0 radical (unpaired) electrons. The summed E-state index contributed by atoms with van der Waals surface area (Å²) in [7, 11) is 0. The Bertz CT molecular complexity index is 480. The van der Waals surface area contributed by atoms with Crippen LogP contribution in [0.15, 0.2) is 24.3 Å². The first-order chi connectivity index (χ1) is 10.7. The molecule has 1 heteroatoms. The van der Waals surface area contributed by atoms with Crippen molar-refractivity contribution in [2.24, 2.45) is 23.2 Å². The highest BCUT2D eigenvalue weighted by Crippen LogP contribution is 2.61. The Balaban J connectivity index is 1.40. The molecule has 1 unspecified atom stereocenters. The molecule has 5 rings (SSSR count). The van der Waals surface area contributed by atoms with Crippen LogP contribution in [0.4, 0.5) is 0 Å². The van der Waals surface area contributed by atoms with Crippen LogP contribution in [-0.2, 0) is 13.0 Å². The van der Waals surface area contributed by atoms with Gasteiger partial charge in [-0.15, -0.1) is 0 Å². The van der Waals surface area contributed by atoms with E-state index in [2.05, 4.69) is 43.4 Å². The van der Waals surface area contributed by atoms with Gasteiger partial charge in [0.05, 0.1) is 0 Å². The maximum atomic E-state index is 3.89. The second-order valence-electron chi connectivity index (χ2n) is 8.55. The summed E-state index contributed by atoms with van der Waals surface area (Å²) in [5, 5.41) is 3.89. The van der Waals surface area contributed by atoms with Gasteiger partial charge in [0.2, 0.25) is 0 Å². The minimum Gasteiger partial charge on any atom is -0.310 e. The molecule has 4 aliphatic rings. The van der Waals surface area contributed by atoms with Crippen molar-refractivity contribution in [3.63, 3.8) is 0 Å². The Morgan fingerprint density at radius 2 is 1.45 bits per heavy atom. The predicted octanol–water partition coefficient (Wildman–Crippen LogP) is 4.94. The molecule has 4 aliphatic carbocycles. The van der Waals surface area contributed by atoms with Crippen molar-refractivity contribution in [1.82, 2.24) is 5.32 Å². The SMILES string of the molecule is CCc1ccc(CNC(C)C23CC4CC(CC(C4)C2)C3)cc1. The van der Waals surface area contributed by atoms with E-state index in [4.69, 9.17) is 0 Å². The number of benzene rings is 1. The van der Waals surface area contributed by atoms with Gasteiger partial charge in [0.25, 0.3) is 0 Å². The molecule has 0 saturated heterocycles. The molecule has 0 spiro atoms. The van der Waals surface area contributed by atoms with E-state index in [9.17, 15) is 0 Å². The standard InChI is InChI=1S/C21H31N/c1-3-16-4-6-17(7-5-16)14-22-15(2)21-11-18-8-19(12-21)10-20(9-18)13-21/h4-7,15,18-20,22H,3,8-14H2,1-2H3. The van der Waals surface area contributed by atoms with E-state index in [1.54, 1.807) is 19.3 Å². The molecule has 4 saturated carbocycles. The molecule has 1 aromatic carbocycles. The number of aryl methyl sites for hydroxylation is 1. The molecule has 0 aromatic heterocycles. The van der Waals surface area contributed by atoms with Crippen LogP contribution in [0.3, 0.4) is 0 Å². The molecule has 120 valence electrons. The van der Waals surface area contributed by atoms with Gasteiger partial charge in [-0.1, -0.05) is 31.2 Å². The van der Waals surface area contributed by atoms with E-state index >= 15 is 0 Å². The van der Waals surface area contributed by atoms with Crippen LogP contribution >= 0.6 is 0 Å². The first kappa shape index (κ1) is 14.8. The third-order valence-corrected chi connectivity index (χ3v) is 7.05. The number of nitrogens with one attached hydrogen (secondary N) is 1. The van der Waals surface area contributed by atoms with Crippen molar-refractivity contribution in [3.05, 3.63) is 35.4 Å². The Labute approximate surface area is 135 Å². The summed E-state index contributed by atoms with van der Waals surface area (Å²) in [5.41, 5.74) is 3.50. The average Bonchev–Trinajstić information content (AvgIpc) is 2.51. The van der Waals surface area contributed by atoms with Gasteiger partial charge in [-0.05, 0) is 86.2 Å². The van der Waals surface area contributed by atoms with Crippen molar-refractivity contribution >= 4 is 0 Å². The molecular formula is C21H31N. The number of rotatable bonds is 5. The molecule has 1 nitrogen and oxygen atoms in total. The maximum Gasteiger partial charge on any atom is 0.0208 e. The van der Waals surface area contributed by atoms with Crippen LogP contribution in [0.2, 0.25) is 0 Å². The van der Waals surface area contributed by atoms with E-state index < -0.39 is 0 Å². The summed E-state index contributed by atoms with van der Waals surface area (Å²) in [5.74, 6) is 3.16. The van der Waals surface area contributed by atoms with Crippen molar-refractivity contribution in [3.8, 4) is 0 Å². The zero-order valence-corrected chi connectivity index (χ0v) is 14.3.